The first-order valence-corrected chi connectivity index (χ1v) is 10.7. The molecule has 4 nitrogen and oxygen atoms in total. The summed E-state index contributed by atoms with van der Waals surface area (Å²) in [6.07, 6.45) is 12.0. The molecular formula is C23H24N4S. The first-order chi connectivity index (χ1) is 13.7. The van der Waals surface area contributed by atoms with Gasteiger partial charge in [-0.3, -0.25) is 4.98 Å². The van der Waals surface area contributed by atoms with E-state index in [4.69, 9.17) is 0 Å². The summed E-state index contributed by atoms with van der Waals surface area (Å²) in [5.74, 6) is 0. The summed E-state index contributed by atoms with van der Waals surface area (Å²) in [5.41, 5.74) is 6.18. The minimum atomic E-state index is 0.597. The van der Waals surface area contributed by atoms with E-state index < -0.39 is 0 Å². The maximum absolute atomic E-state index is 9.77. The van der Waals surface area contributed by atoms with E-state index in [9.17, 15) is 5.26 Å². The maximum atomic E-state index is 9.77. The molecule has 0 N–H and O–H groups in total. The van der Waals surface area contributed by atoms with Gasteiger partial charge in [-0.25, -0.2) is 4.98 Å². The van der Waals surface area contributed by atoms with Crippen LogP contribution in [-0.2, 0) is 0 Å². The molecular weight excluding hydrogens is 364 g/mol. The average molecular weight is 389 g/mol. The summed E-state index contributed by atoms with van der Waals surface area (Å²) >= 11 is 1.51. The fraction of sp³-hybridized carbons (Fsp3) is 0.348. The van der Waals surface area contributed by atoms with Crippen molar-refractivity contribution in [1.29, 1.82) is 5.26 Å². The maximum Gasteiger partial charge on any atom is 0.134 e. The van der Waals surface area contributed by atoms with Crippen molar-refractivity contribution in [3.63, 3.8) is 0 Å². The Morgan fingerprint density at radius 2 is 1.96 bits per heavy atom. The Morgan fingerprint density at radius 1 is 1.21 bits per heavy atom. The fourth-order valence-corrected chi connectivity index (χ4v) is 4.99. The van der Waals surface area contributed by atoms with E-state index in [0.717, 1.165) is 21.8 Å². The van der Waals surface area contributed by atoms with E-state index in [1.807, 2.05) is 23.6 Å². The summed E-state index contributed by atoms with van der Waals surface area (Å²) < 4.78 is 2.48. The summed E-state index contributed by atoms with van der Waals surface area (Å²) in [5, 5.41) is 12.5. The molecule has 0 amide bonds. The lowest BCUT2D eigenvalue weighted by Crippen LogP contribution is -2.15. The molecule has 0 spiro atoms. The molecule has 0 unspecified atom stereocenters. The van der Waals surface area contributed by atoms with Crippen LogP contribution in [0.1, 0.15) is 60.1 Å². The first-order valence-electron chi connectivity index (χ1n) is 9.84. The predicted molar refractivity (Wildman–Crippen MR) is 115 cm³/mol. The van der Waals surface area contributed by atoms with Crippen molar-refractivity contribution in [2.45, 2.75) is 52.0 Å². The van der Waals surface area contributed by atoms with Gasteiger partial charge in [-0.05, 0) is 56.5 Å². The van der Waals surface area contributed by atoms with Gasteiger partial charge in [0.25, 0.3) is 0 Å². The molecule has 142 valence electrons. The van der Waals surface area contributed by atoms with Crippen LogP contribution in [-0.4, -0.2) is 14.5 Å². The van der Waals surface area contributed by atoms with E-state index in [1.165, 1.54) is 54.8 Å². The third kappa shape index (κ3) is 3.65. The number of allylic oxidation sites excluding steroid dienone is 1. The Morgan fingerprint density at radius 3 is 2.68 bits per heavy atom. The molecule has 1 fully saturated rings. The number of nitrogens with zero attached hydrogens (tertiary/aromatic N) is 4. The van der Waals surface area contributed by atoms with Crippen LogP contribution in [0, 0.1) is 25.2 Å². The molecule has 3 aromatic rings. The molecule has 4 rings (SSSR count). The second-order valence-electron chi connectivity index (χ2n) is 7.43. The van der Waals surface area contributed by atoms with Crippen LogP contribution in [0.4, 0.5) is 0 Å². The van der Waals surface area contributed by atoms with Gasteiger partial charge in [-0.1, -0.05) is 19.3 Å². The normalized spacial score (nSPS) is 15.5. The van der Waals surface area contributed by atoms with Gasteiger partial charge in [0.1, 0.15) is 11.1 Å². The number of rotatable bonds is 4. The van der Waals surface area contributed by atoms with Gasteiger partial charge in [0.05, 0.1) is 11.3 Å². The van der Waals surface area contributed by atoms with Crippen molar-refractivity contribution in [2.75, 3.05) is 0 Å². The number of pyridine rings is 1. The lowest BCUT2D eigenvalue weighted by atomic mass is 9.95. The van der Waals surface area contributed by atoms with Crippen molar-refractivity contribution in [2.24, 2.45) is 0 Å². The topological polar surface area (TPSA) is 54.5 Å². The number of thiazole rings is 1. The average Bonchev–Trinajstić information content (AvgIpc) is 3.32. The van der Waals surface area contributed by atoms with Gasteiger partial charge < -0.3 is 4.57 Å². The molecule has 28 heavy (non-hydrogen) atoms. The van der Waals surface area contributed by atoms with Crippen LogP contribution in [0.25, 0.3) is 22.9 Å². The van der Waals surface area contributed by atoms with Gasteiger partial charge in [0, 0.05) is 40.8 Å². The molecule has 3 aromatic heterocycles. The highest BCUT2D eigenvalue weighted by atomic mass is 32.1. The lowest BCUT2D eigenvalue weighted by molar-refractivity contribution is 0.346. The Balaban J connectivity index is 1.66. The summed E-state index contributed by atoms with van der Waals surface area (Å²) in [7, 11) is 0. The molecule has 0 aromatic carbocycles. The number of nitriles is 1. The highest BCUT2D eigenvalue weighted by Crippen LogP contribution is 2.34. The van der Waals surface area contributed by atoms with E-state index in [-0.39, 0.29) is 0 Å². The Hall–Kier alpha value is -2.71. The first kappa shape index (κ1) is 18.6. The monoisotopic (exact) mass is 388 g/mol. The smallest absolute Gasteiger partial charge is 0.134 e. The zero-order valence-electron chi connectivity index (χ0n) is 16.4. The van der Waals surface area contributed by atoms with E-state index in [0.29, 0.717) is 11.6 Å². The van der Waals surface area contributed by atoms with Crippen LogP contribution >= 0.6 is 11.3 Å². The van der Waals surface area contributed by atoms with Crippen molar-refractivity contribution in [3.05, 3.63) is 57.9 Å². The largest absolute Gasteiger partial charge is 0.346 e. The summed E-state index contributed by atoms with van der Waals surface area (Å²) in [6.45, 7) is 4.35. The lowest BCUT2D eigenvalue weighted by Gasteiger charge is -2.26. The van der Waals surface area contributed by atoms with Crippen molar-refractivity contribution in [1.82, 2.24) is 14.5 Å². The van der Waals surface area contributed by atoms with Crippen molar-refractivity contribution in [3.8, 4) is 17.3 Å². The number of aryl methyl sites for hydroxylation is 1. The molecule has 0 aliphatic heterocycles. The molecule has 0 atom stereocenters. The number of hydrogen-bond donors (Lipinski definition) is 0. The molecule has 0 bridgehead atoms. The van der Waals surface area contributed by atoms with Gasteiger partial charge in [0.2, 0.25) is 0 Å². The third-order valence-electron chi connectivity index (χ3n) is 5.59. The highest BCUT2D eigenvalue weighted by molar-refractivity contribution is 7.11. The Labute approximate surface area is 170 Å². The standard InChI is InChI=1S/C23H24N4S/c1-16-12-19(17(2)27(16)21-6-4-3-5-7-21)13-20(14-24)23-26-22(15-28-23)18-8-10-25-11-9-18/h8-13,15,21H,3-7H2,1-2H3. The third-order valence-corrected chi connectivity index (χ3v) is 6.47. The van der Waals surface area contributed by atoms with Gasteiger partial charge in [0.15, 0.2) is 0 Å². The number of aromatic nitrogens is 3. The summed E-state index contributed by atoms with van der Waals surface area (Å²) in [4.78, 5) is 8.74. The molecule has 5 heteroatoms. The minimum absolute atomic E-state index is 0.597. The van der Waals surface area contributed by atoms with Gasteiger partial charge in [-0.2, -0.15) is 5.26 Å². The predicted octanol–water partition coefficient (Wildman–Crippen LogP) is 6.19. The number of hydrogen-bond acceptors (Lipinski definition) is 4. The van der Waals surface area contributed by atoms with E-state index in [1.54, 1.807) is 12.4 Å². The molecule has 1 aliphatic rings. The van der Waals surface area contributed by atoms with Crippen LogP contribution < -0.4 is 0 Å². The quantitative estimate of drug-likeness (QED) is 0.501. The second kappa shape index (κ2) is 8.12. The molecule has 0 radical (unpaired) electrons. The van der Waals surface area contributed by atoms with E-state index in [2.05, 4.69) is 40.5 Å². The van der Waals surface area contributed by atoms with Gasteiger partial charge >= 0.3 is 0 Å². The fourth-order valence-electron chi connectivity index (χ4n) is 4.20. The van der Waals surface area contributed by atoms with Crippen LogP contribution in [0.3, 0.4) is 0 Å². The van der Waals surface area contributed by atoms with Crippen LogP contribution in [0.5, 0.6) is 0 Å². The molecule has 1 saturated carbocycles. The Bertz CT molecular complexity index is 1030. The van der Waals surface area contributed by atoms with Gasteiger partial charge in [-0.15, -0.1) is 11.3 Å². The van der Waals surface area contributed by atoms with Crippen molar-refractivity contribution >= 4 is 23.0 Å². The molecule has 3 heterocycles. The zero-order chi connectivity index (χ0) is 19.5. The second-order valence-corrected chi connectivity index (χ2v) is 8.29. The highest BCUT2D eigenvalue weighted by Gasteiger charge is 2.20. The summed E-state index contributed by atoms with van der Waals surface area (Å²) in [6, 6.07) is 9.03. The zero-order valence-corrected chi connectivity index (χ0v) is 17.2. The van der Waals surface area contributed by atoms with Crippen molar-refractivity contribution < 1.29 is 0 Å². The minimum Gasteiger partial charge on any atom is -0.346 e. The van der Waals surface area contributed by atoms with Crippen LogP contribution in [0.2, 0.25) is 0 Å². The van der Waals surface area contributed by atoms with Crippen LogP contribution in [0.15, 0.2) is 36.0 Å². The molecule has 1 aliphatic carbocycles. The Kier molecular flexibility index (Phi) is 5.40. The SMILES string of the molecule is Cc1cc(C=C(C#N)c2nc(-c3ccncc3)cs2)c(C)n1C1CCCCC1. The molecule has 0 saturated heterocycles. The van der Waals surface area contributed by atoms with E-state index >= 15 is 0 Å².